The van der Waals surface area contributed by atoms with Gasteiger partial charge in [-0.3, -0.25) is 9.30 Å². The second-order valence-electron chi connectivity index (χ2n) is 8.42. The molecule has 0 atom stereocenters. The van der Waals surface area contributed by atoms with Crippen molar-refractivity contribution < 1.29 is 4.39 Å². The number of anilines is 1. The Balaban J connectivity index is 1.53. The molecule has 1 saturated heterocycles. The molecule has 3 heterocycles. The van der Waals surface area contributed by atoms with Gasteiger partial charge in [0, 0.05) is 32.7 Å². The first kappa shape index (κ1) is 20.5. The summed E-state index contributed by atoms with van der Waals surface area (Å²) in [6.07, 6.45) is 0.855. The van der Waals surface area contributed by atoms with Crippen LogP contribution in [0.1, 0.15) is 29.2 Å². The molecule has 162 valence electrons. The van der Waals surface area contributed by atoms with E-state index in [2.05, 4.69) is 33.3 Å². The van der Waals surface area contributed by atoms with Crippen LogP contribution in [0.4, 0.5) is 10.2 Å². The number of benzene rings is 2. The van der Waals surface area contributed by atoms with Gasteiger partial charge in [0.1, 0.15) is 17.7 Å². The van der Waals surface area contributed by atoms with Gasteiger partial charge in [-0.15, -0.1) is 0 Å². The molecule has 0 spiro atoms. The topological polar surface area (TPSA) is 47.6 Å². The van der Waals surface area contributed by atoms with Crippen LogP contribution >= 0.6 is 0 Å². The fourth-order valence-corrected chi connectivity index (χ4v) is 4.88. The highest BCUT2D eigenvalue weighted by Crippen LogP contribution is 2.34. The smallest absolute Gasteiger partial charge is 0.157 e. The Morgan fingerprint density at radius 3 is 2.44 bits per heavy atom. The number of para-hydroxylation sites is 2. The molecule has 6 heteroatoms. The van der Waals surface area contributed by atoms with Crippen molar-refractivity contribution in [2.45, 2.75) is 26.8 Å². The molecule has 0 unspecified atom stereocenters. The van der Waals surface area contributed by atoms with Gasteiger partial charge in [0.2, 0.25) is 0 Å². The van der Waals surface area contributed by atoms with Crippen LogP contribution in [-0.2, 0) is 13.0 Å². The maximum Gasteiger partial charge on any atom is 0.157 e. The second kappa shape index (κ2) is 8.25. The average Bonchev–Trinajstić information content (AvgIpc) is 3.19. The Kier molecular flexibility index (Phi) is 5.28. The molecule has 0 radical (unpaired) electrons. The van der Waals surface area contributed by atoms with Crippen LogP contribution in [0, 0.1) is 24.1 Å². The Morgan fingerprint density at radius 2 is 1.75 bits per heavy atom. The van der Waals surface area contributed by atoms with Crippen LogP contribution in [0.3, 0.4) is 0 Å². The lowest BCUT2D eigenvalue weighted by atomic mass is 10.0. The van der Waals surface area contributed by atoms with Crippen molar-refractivity contribution in [2.75, 3.05) is 31.1 Å². The molecule has 2 aromatic heterocycles. The molecule has 2 aromatic carbocycles. The average molecular weight is 428 g/mol. The number of imidazole rings is 1. The van der Waals surface area contributed by atoms with Gasteiger partial charge < -0.3 is 4.90 Å². The summed E-state index contributed by atoms with van der Waals surface area (Å²) in [4.78, 5) is 9.68. The molecule has 0 N–H and O–H groups in total. The van der Waals surface area contributed by atoms with E-state index in [1.54, 1.807) is 0 Å². The summed E-state index contributed by atoms with van der Waals surface area (Å²) in [6.45, 7) is 8.65. The van der Waals surface area contributed by atoms with Gasteiger partial charge in [-0.25, -0.2) is 9.37 Å². The summed E-state index contributed by atoms with van der Waals surface area (Å²) in [5, 5.41) is 9.91. The molecule has 5 nitrogen and oxygen atoms in total. The molecule has 0 bridgehead atoms. The van der Waals surface area contributed by atoms with Crippen molar-refractivity contribution in [3.63, 3.8) is 0 Å². The first-order chi connectivity index (χ1) is 15.6. The number of halogens is 1. The molecule has 1 aliphatic heterocycles. The van der Waals surface area contributed by atoms with Gasteiger partial charge >= 0.3 is 0 Å². The molecule has 5 rings (SSSR count). The zero-order valence-electron chi connectivity index (χ0n) is 18.5. The number of piperazine rings is 1. The minimum Gasteiger partial charge on any atom is -0.355 e. The zero-order chi connectivity index (χ0) is 22.2. The minimum atomic E-state index is -0.196. The number of hydrogen-bond donors (Lipinski definition) is 0. The summed E-state index contributed by atoms with van der Waals surface area (Å²) in [6, 6.07) is 17.3. The van der Waals surface area contributed by atoms with E-state index in [9.17, 15) is 9.65 Å². The molecule has 0 saturated carbocycles. The van der Waals surface area contributed by atoms with Crippen LogP contribution in [0.5, 0.6) is 0 Å². The van der Waals surface area contributed by atoms with E-state index in [-0.39, 0.29) is 5.82 Å². The van der Waals surface area contributed by atoms with Gasteiger partial charge in [-0.1, -0.05) is 31.2 Å². The van der Waals surface area contributed by atoms with E-state index in [0.29, 0.717) is 5.56 Å². The molecule has 4 aromatic rings. The second-order valence-corrected chi connectivity index (χ2v) is 8.42. The van der Waals surface area contributed by atoms with E-state index in [4.69, 9.17) is 4.98 Å². The number of nitrogens with zero attached hydrogens (tertiary/aromatic N) is 5. The maximum absolute atomic E-state index is 13.2. The Hall–Kier alpha value is -3.43. The minimum absolute atomic E-state index is 0.196. The first-order valence-electron chi connectivity index (χ1n) is 11.1. The lowest BCUT2D eigenvalue weighted by Gasteiger charge is -2.37. The number of pyridine rings is 1. The van der Waals surface area contributed by atoms with Crippen LogP contribution in [-0.4, -0.2) is 40.5 Å². The third-order valence-corrected chi connectivity index (χ3v) is 6.55. The molecule has 0 amide bonds. The fraction of sp³-hybridized carbons (Fsp3) is 0.308. The molecule has 0 aliphatic carbocycles. The Morgan fingerprint density at radius 1 is 1.03 bits per heavy atom. The molecular weight excluding hydrogens is 401 g/mol. The Bertz CT molecular complexity index is 1320. The van der Waals surface area contributed by atoms with Crippen molar-refractivity contribution in [3.8, 4) is 6.07 Å². The quantitative estimate of drug-likeness (QED) is 0.474. The first-order valence-corrected chi connectivity index (χ1v) is 11.1. The van der Waals surface area contributed by atoms with Crippen molar-refractivity contribution in [1.82, 2.24) is 14.3 Å². The fourth-order valence-electron chi connectivity index (χ4n) is 4.88. The van der Waals surface area contributed by atoms with Crippen LogP contribution < -0.4 is 4.90 Å². The summed E-state index contributed by atoms with van der Waals surface area (Å²) in [5.41, 5.74) is 6.73. The number of nitriles is 1. The molecule has 1 fully saturated rings. The largest absolute Gasteiger partial charge is 0.355 e. The van der Waals surface area contributed by atoms with E-state index in [1.807, 2.05) is 37.3 Å². The normalized spacial score (nSPS) is 14.9. The van der Waals surface area contributed by atoms with Gasteiger partial charge in [-0.2, -0.15) is 5.26 Å². The predicted molar refractivity (Wildman–Crippen MR) is 125 cm³/mol. The molecule has 32 heavy (non-hydrogen) atoms. The van der Waals surface area contributed by atoms with Crippen LogP contribution in [0.25, 0.3) is 16.7 Å². The maximum atomic E-state index is 13.2. The lowest BCUT2D eigenvalue weighted by Crippen LogP contribution is -2.47. The van der Waals surface area contributed by atoms with E-state index in [0.717, 1.165) is 72.8 Å². The van der Waals surface area contributed by atoms with E-state index in [1.165, 1.54) is 17.7 Å². The Labute approximate surface area is 187 Å². The van der Waals surface area contributed by atoms with Gasteiger partial charge in [-0.05, 0) is 54.3 Å². The van der Waals surface area contributed by atoms with Gasteiger partial charge in [0.15, 0.2) is 5.65 Å². The number of fused-ring (bicyclic) bond motifs is 3. The van der Waals surface area contributed by atoms with Gasteiger partial charge in [0.05, 0.1) is 16.6 Å². The van der Waals surface area contributed by atoms with Crippen LogP contribution in [0.15, 0.2) is 48.5 Å². The van der Waals surface area contributed by atoms with E-state index >= 15 is 0 Å². The summed E-state index contributed by atoms with van der Waals surface area (Å²) in [5.74, 6) is 0.965. The standard InChI is InChI=1S/C26H26FN5/c1-3-21-18(2)22(16-28)25-29-23-6-4-5-7-24(23)32(25)26(21)31-14-12-30(13-15-31)17-19-8-10-20(27)11-9-19/h4-11H,3,12-15,17H2,1-2H3. The lowest BCUT2D eigenvalue weighted by molar-refractivity contribution is 0.249. The van der Waals surface area contributed by atoms with Crippen molar-refractivity contribution >= 4 is 22.5 Å². The summed E-state index contributed by atoms with van der Waals surface area (Å²) >= 11 is 0. The SMILES string of the molecule is CCc1c(C)c(C#N)c2nc3ccccc3n2c1N1CCN(Cc2ccc(F)cc2)CC1. The van der Waals surface area contributed by atoms with Gasteiger partial charge in [0.25, 0.3) is 0 Å². The zero-order valence-corrected chi connectivity index (χ0v) is 18.5. The predicted octanol–water partition coefficient (Wildman–Crippen LogP) is 4.69. The van der Waals surface area contributed by atoms with E-state index < -0.39 is 0 Å². The van der Waals surface area contributed by atoms with Crippen LogP contribution in [0.2, 0.25) is 0 Å². The monoisotopic (exact) mass is 427 g/mol. The number of rotatable bonds is 4. The molecular formula is C26H26FN5. The summed E-state index contributed by atoms with van der Waals surface area (Å²) < 4.78 is 15.4. The highest BCUT2D eigenvalue weighted by molar-refractivity contribution is 5.86. The van der Waals surface area contributed by atoms with Crippen molar-refractivity contribution in [3.05, 3.63) is 76.6 Å². The van der Waals surface area contributed by atoms with Crippen molar-refractivity contribution in [2.24, 2.45) is 0 Å². The third kappa shape index (κ3) is 3.39. The number of hydrogen-bond acceptors (Lipinski definition) is 4. The third-order valence-electron chi connectivity index (χ3n) is 6.55. The summed E-state index contributed by atoms with van der Waals surface area (Å²) in [7, 11) is 0. The molecule has 1 aliphatic rings. The van der Waals surface area contributed by atoms with Crippen molar-refractivity contribution in [1.29, 1.82) is 5.26 Å². The highest BCUT2D eigenvalue weighted by Gasteiger charge is 2.26. The highest BCUT2D eigenvalue weighted by atomic mass is 19.1. The number of aromatic nitrogens is 2.